The zero-order chi connectivity index (χ0) is 13.3. The molecule has 0 spiro atoms. The first kappa shape index (κ1) is 12.5. The molecule has 6 heteroatoms. The van der Waals surface area contributed by atoms with Crippen LogP contribution in [0.1, 0.15) is 18.0 Å². The first-order chi connectivity index (χ1) is 8.49. The summed E-state index contributed by atoms with van der Waals surface area (Å²) in [7, 11) is 1.91. The molecule has 2 rings (SSSR count). The highest BCUT2D eigenvalue weighted by Gasteiger charge is 2.17. The van der Waals surface area contributed by atoms with E-state index in [4.69, 9.17) is 16.6 Å². The van der Waals surface area contributed by atoms with E-state index in [0.29, 0.717) is 0 Å². The lowest BCUT2D eigenvalue weighted by Gasteiger charge is -2.14. The number of carboxylic acids is 1. The smallest absolute Gasteiger partial charge is 0.320 e. The molecule has 1 aromatic heterocycles. The fraction of sp³-hybridized carbons (Fsp3) is 0.333. The van der Waals surface area contributed by atoms with E-state index in [-0.39, 0.29) is 6.42 Å². The van der Waals surface area contributed by atoms with Crippen LogP contribution in [0.5, 0.6) is 0 Å². The van der Waals surface area contributed by atoms with E-state index in [9.17, 15) is 4.79 Å². The van der Waals surface area contributed by atoms with Crippen LogP contribution in [0.25, 0.3) is 11.0 Å². The van der Waals surface area contributed by atoms with E-state index in [1.54, 1.807) is 6.33 Å². The van der Waals surface area contributed by atoms with Gasteiger partial charge in [-0.2, -0.15) is 0 Å². The summed E-state index contributed by atoms with van der Waals surface area (Å²) in [5, 5.41) is 8.76. The molecule has 5 N–H and O–H groups in total. The lowest BCUT2D eigenvalue weighted by atomic mass is 10.00. The number of hydrogen-bond acceptors (Lipinski definition) is 4. The second-order valence-electron chi connectivity index (χ2n) is 4.39. The van der Waals surface area contributed by atoms with Crippen LogP contribution in [0.15, 0.2) is 24.5 Å². The number of nitrogens with two attached hydrogens (primary N) is 2. The third-order valence-corrected chi connectivity index (χ3v) is 3.00. The van der Waals surface area contributed by atoms with Crippen LogP contribution in [0.4, 0.5) is 0 Å². The number of carboxylic acid groups (broad SMARTS) is 1. The van der Waals surface area contributed by atoms with Gasteiger partial charge < -0.3 is 21.1 Å². The maximum absolute atomic E-state index is 10.7. The van der Waals surface area contributed by atoms with Crippen LogP contribution in [-0.2, 0) is 11.8 Å². The number of hydrogen-bond donors (Lipinski definition) is 3. The Morgan fingerprint density at radius 1 is 1.50 bits per heavy atom. The summed E-state index contributed by atoms with van der Waals surface area (Å²) >= 11 is 0. The SMILES string of the molecule is Cn1cnc2cc(C(N)CC(N)C(=O)O)ccc21. The number of fused-ring (bicyclic) bond motifs is 1. The quantitative estimate of drug-likeness (QED) is 0.724. The number of aromatic nitrogens is 2. The predicted molar refractivity (Wildman–Crippen MR) is 67.9 cm³/mol. The molecule has 0 bridgehead atoms. The third kappa shape index (κ3) is 2.34. The third-order valence-electron chi connectivity index (χ3n) is 3.00. The van der Waals surface area contributed by atoms with E-state index in [0.717, 1.165) is 16.6 Å². The van der Waals surface area contributed by atoms with Crippen LogP contribution in [0, 0.1) is 0 Å². The minimum absolute atomic E-state index is 0.202. The molecule has 0 saturated carbocycles. The average Bonchev–Trinajstić information content (AvgIpc) is 2.70. The van der Waals surface area contributed by atoms with Crippen molar-refractivity contribution in [2.24, 2.45) is 18.5 Å². The lowest BCUT2D eigenvalue weighted by molar-refractivity contribution is -0.138. The van der Waals surface area contributed by atoms with E-state index < -0.39 is 18.1 Å². The van der Waals surface area contributed by atoms with Crippen molar-refractivity contribution in [1.29, 1.82) is 0 Å². The Bertz CT molecular complexity index is 578. The van der Waals surface area contributed by atoms with Gasteiger partial charge >= 0.3 is 5.97 Å². The van der Waals surface area contributed by atoms with Crippen LogP contribution < -0.4 is 11.5 Å². The van der Waals surface area contributed by atoms with Crippen molar-refractivity contribution >= 4 is 17.0 Å². The molecule has 2 aromatic rings. The van der Waals surface area contributed by atoms with Gasteiger partial charge in [-0.1, -0.05) is 6.07 Å². The minimum atomic E-state index is -1.04. The van der Waals surface area contributed by atoms with Gasteiger partial charge in [0.25, 0.3) is 0 Å². The van der Waals surface area contributed by atoms with Gasteiger partial charge in [-0.25, -0.2) is 4.98 Å². The van der Waals surface area contributed by atoms with Crippen LogP contribution in [0.3, 0.4) is 0 Å². The fourth-order valence-corrected chi connectivity index (χ4v) is 1.89. The van der Waals surface area contributed by atoms with Crippen LogP contribution >= 0.6 is 0 Å². The molecule has 96 valence electrons. The summed E-state index contributed by atoms with van der Waals surface area (Å²) in [5.41, 5.74) is 14.1. The molecular weight excluding hydrogens is 232 g/mol. The molecule has 0 amide bonds. The van der Waals surface area contributed by atoms with Gasteiger partial charge in [-0.15, -0.1) is 0 Å². The van der Waals surface area contributed by atoms with Gasteiger partial charge in [0.15, 0.2) is 0 Å². The molecule has 0 fully saturated rings. The summed E-state index contributed by atoms with van der Waals surface area (Å²) in [5.74, 6) is -1.04. The number of carbonyl (C=O) groups is 1. The van der Waals surface area contributed by atoms with Gasteiger partial charge in [0.05, 0.1) is 17.4 Å². The summed E-state index contributed by atoms with van der Waals surface area (Å²) in [6.45, 7) is 0. The van der Waals surface area contributed by atoms with Crippen molar-refractivity contribution in [3.8, 4) is 0 Å². The molecule has 0 aliphatic heterocycles. The summed E-state index contributed by atoms with van der Waals surface area (Å²) in [4.78, 5) is 14.9. The van der Waals surface area contributed by atoms with Gasteiger partial charge in [-0.05, 0) is 24.1 Å². The summed E-state index contributed by atoms with van der Waals surface area (Å²) in [6, 6.07) is 4.32. The lowest BCUT2D eigenvalue weighted by Crippen LogP contribution is -2.33. The van der Waals surface area contributed by atoms with Gasteiger partial charge in [-0.3, -0.25) is 4.79 Å². The van der Waals surface area contributed by atoms with Crippen molar-refractivity contribution < 1.29 is 9.90 Å². The molecule has 1 heterocycles. The number of aryl methyl sites for hydroxylation is 1. The van der Waals surface area contributed by atoms with E-state index in [2.05, 4.69) is 4.98 Å². The first-order valence-corrected chi connectivity index (χ1v) is 5.64. The molecule has 18 heavy (non-hydrogen) atoms. The zero-order valence-corrected chi connectivity index (χ0v) is 10.1. The van der Waals surface area contributed by atoms with E-state index in [1.807, 2.05) is 29.8 Å². The molecule has 0 saturated heterocycles. The van der Waals surface area contributed by atoms with Gasteiger partial charge in [0, 0.05) is 13.1 Å². The number of nitrogens with zero attached hydrogens (tertiary/aromatic N) is 2. The van der Waals surface area contributed by atoms with Crippen molar-refractivity contribution in [1.82, 2.24) is 9.55 Å². The topological polar surface area (TPSA) is 107 Å². The highest BCUT2D eigenvalue weighted by molar-refractivity contribution is 5.76. The van der Waals surface area contributed by atoms with E-state index >= 15 is 0 Å². The average molecular weight is 248 g/mol. The molecule has 2 unspecified atom stereocenters. The standard InChI is InChI=1S/C12H16N4O2/c1-16-6-15-10-4-7(2-3-11(10)16)8(13)5-9(14)12(17)18/h2-4,6,8-9H,5,13-14H2,1H3,(H,17,18). The van der Waals surface area contributed by atoms with Gasteiger partial charge in [0.2, 0.25) is 0 Å². The Labute approximate surface area is 104 Å². The van der Waals surface area contributed by atoms with E-state index in [1.165, 1.54) is 0 Å². The van der Waals surface area contributed by atoms with Crippen LogP contribution in [0.2, 0.25) is 0 Å². The Kier molecular flexibility index (Phi) is 3.31. The van der Waals surface area contributed by atoms with Crippen molar-refractivity contribution in [3.05, 3.63) is 30.1 Å². The summed E-state index contributed by atoms with van der Waals surface area (Å²) < 4.78 is 1.91. The minimum Gasteiger partial charge on any atom is -0.480 e. The zero-order valence-electron chi connectivity index (χ0n) is 10.1. The first-order valence-electron chi connectivity index (χ1n) is 5.64. The highest BCUT2D eigenvalue weighted by atomic mass is 16.4. The Hall–Kier alpha value is -1.92. The predicted octanol–water partition coefficient (Wildman–Crippen LogP) is 0.375. The Morgan fingerprint density at radius 3 is 2.89 bits per heavy atom. The Morgan fingerprint density at radius 2 is 2.22 bits per heavy atom. The number of aliphatic carboxylic acids is 1. The highest BCUT2D eigenvalue weighted by Crippen LogP contribution is 2.20. The number of rotatable bonds is 4. The molecule has 0 radical (unpaired) electrons. The van der Waals surface area contributed by atoms with Crippen LogP contribution in [-0.4, -0.2) is 26.7 Å². The van der Waals surface area contributed by atoms with Crippen molar-refractivity contribution in [2.75, 3.05) is 0 Å². The van der Waals surface area contributed by atoms with Crippen molar-refractivity contribution in [3.63, 3.8) is 0 Å². The Balaban J connectivity index is 2.22. The maximum atomic E-state index is 10.7. The number of imidazole rings is 1. The second-order valence-corrected chi connectivity index (χ2v) is 4.39. The fourth-order valence-electron chi connectivity index (χ4n) is 1.89. The molecule has 6 nitrogen and oxygen atoms in total. The summed E-state index contributed by atoms with van der Waals surface area (Å²) in [6.07, 6.45) is 1.93. The molecular formula is C12H16N4O2. The molecule has 2 atom stereocenters. The monoisotopic (exact) mass is 248 g/mol. The molecule has 1 aromatic carbocycles. The second kappa shape index (κ2) is 4.75. The van der Waals surface area contributed by atoms with Crippen molar-refractivity contribution in [2.45, 2.75) is 18.5 Å². The molecule has 0 aliphatic rings. The normalized spacial score (nSPS) is 14.6. The largest absolute Gasteiger partial charge is 0.480 e. The number of benzene rings is 1. The van der Waals surface area contributed by atoms with Gasteiger partial charge in [0.1, 0.15) is 6.04 Å². The maximum Gasteiger partial charge on any atom is 0.320 e. The molecule has 0 aliphatic carbocycles.